The van der Waals surface area contributed by atoms with Crippen LogP contribution in [0.1, 0.15) is 32.3 Å². The number of hydrogen-bond acceptors (Lipinski definition) is 4. The molecule has 0 bridgehead atoms. The van der Waals surface area contributed by atoms with Crippen molar-refractivity contribution in [3.63, 3.8) is 0 Å². The molecule has 0 radical (unpaired) electrons. The lowest BCUT2D eigenvalue weighted by Crippen LogP contribution is -2.27. The first-order valence-corrected chi connectivity index (χ1v) is 6.77. The van der Waals surface area contributed by atoms with Crippen molar-refractivity contribution >= 4 is 5.97 Å². The molecule has 6 heteroatoms. The number of carbonyl (C=O) groups is 1. The van der Waals surface area contributed by atoms with E-state index in [1.54, 1.807) is 0 Å². The Hall–Kier alpha value is -2.63. The Kier molecular flexibility index (Phi) is 5.86. The molecule has 1 heterocycles. The van der Waals surface area contributed by atoms with Gasteiger partial charge in [0.25, 0.3) is 0 Å². The summed E-state index contributed by atoms with van der Waals surface area (Å²) in [5, 5.41) is 21.4. The van der Waals surface area contributed by atoms with Crippen LogP contribution in [0.25, 0.3) is 0 Å². The second-order valence-electron chi connectivity index (χ2n) is 5.06. The zero-order valence-corrected chi connectivity index (χ0v) is 13.1. The number of carboxylic acids is 1. The fourth-order valence-corrected chi connectivity index (χ4v) is 2.44. The molecule has 0 aromatic heterocycles. The zero-order chi connectivity index (χ0) is 16.9. The maximum atomic E-state index is 11.5. The lowest BCUT2D eigenvalue weighted by atomic mass is 9.81. The van der Waals surface area contributed by atoms with Gasteiger partial charge in [0.1, 0.15) is 0 Å². The van der Waals surface area contributed by atoms with E-state index in [9.17, 15) is 9.90 Å². The van der Waals surface area contributed by atoms with E-state index in [-0.39, 0.29) is 5.92 Å². The summed E-state index contributed by atoms with van der Waals surface area (Å²) < 4.78 is 0. The Morgan fingerprint density at radius 2 is 1.68 bits per heavy atom. The smallest absolute Gasteiger partial charge is 0.334 e. The molecule has 0 saturated heterocycles. The highest BCUT2D eigenvalue weighted by Crippen LogP contribution is 2.37. The van der Waals surface area contributed by atoms with E-state index >= 15 is 0 Å². The molecule has 2 N–H and O–H groups in total. The zero-order valence-electron chi connectivity index (χ0n) is 13.1. The number of hydrogen-bond donors (Lipinski definition) is 2. The van der Waals surface area contributed by atoms with Crippen molar-refractivity contribution in [2.75, 3.05) is 7.05 Å². The van der Waals surface area contributed by atoms with Gasteiger partial charge >= 0.3 is 5.97 Å². The average molecular weight is 304 g/mol. The van der Waals surface area contributed by atoms with Crippen LogP contribution in [0.2, 0.25) is 0 Å². The highest BCUT2D eigenvalue weighted by atomic mass is 16.6. The largest absolute Gasteiger partial charge is 0.478 e. The van der Waals surface area contributed by atoms with Crippen molar-refractivity contribution in [1.29, 1.82) is 0 Å². The molecule has 0 spiro atoms. The van der Waals surface area contributed by atoms with Gasteiger partial charge in [-0.15, -0.1) is 0 Å². The van der Waals surface area contributed by atoms with Gasteiger partial charge in [-0.25, -0.2) is 4.79 Å². The van der Waals surface area contributed by atoms with Gasteiger partial charge in [0, 0.05) is 22.2 Å². The lowest BCUT2D eigenvalue weighted by molar-refractivity contribution is -0.445. The van der Waals surface area contributed by atoms with E-state index < -0.39 is 10.9 Å². The SMILES string of the molecule is CC1=C(C)[C@H](c2ccccc2)C(C(=O)O)=C(C)N1.C[N+](=O)[O-]. The highest BCUT2D eigenvalue weighted by Gasteiger charge is 2.30. The van der Waals surface area contributed by atoms with Gasteiger partial charge in [-0.1, -0.05) is 30.3 Å². The van der Waals surface area contributed by atoms with E-state index in [0.29, 0.717) is 5.57 Å². The maximum Gasteiger partial charge on any atom is 0.334 e. The topological polar surface area (TPSA) is 92.5 Å². The third-order valence-electron chi connectivity index (χ3n) is 3.46. The summed E-state index contributed by atoms with van der Waals surface area (Å²) in [4.78, 5) is 19.8. The number of nitrogens with zero attached hydrogens (tertiary/aromatic N) is 1. The van der Waals surface area contributed by atoms with Crippen LogP contribution in [-0.4, -0.2) is 23.0 Å². The number of dihydropyridines is 1. The van der Waals surface area contributed by atoms with Crippen molar-refractivity contribution < 1.29 is 14.8 Å². The number of carboxylic acid groups (broad SMARTS) is 1. The van der Waals surface area contributed by atoms with E-state index in [1.165, 1.54) is 0 Å². The number of nitrogens with one attached hydrogen (secondary N) is 1. The molecule has 1 aromatic rings. The summed E-state index contributed by atoms with van der Waals surface area (Å²) in [5.74, 6) is -1.02. The van der Waals surface area contributed by atoms with Crippen LogP contribution >= 0.6 is 0 Å². The van der Waals surface area contributed by atoms with Gasteiger partial charge in [-0.2, -0.15) is 0 Å². The van der Waals surface area contributed by atoms with Gasteiger partial charge < -0.3 is 10.4 Å². The molecule has 0 amide bonds. The molecule has 0 fully saturated rings. The maximum absolute atomic E-state index is 11.5. The summed E-state index contributed by atoms with van der Waals surface area (Å²) in [6, 6.07) is 9.77. The molecular weight excluding hydrogens is 284 g/mol. The predicted molar refractivity (Wildman–Crippen MR) is 83.9 cm³/mol. The van der Waals surface area contributed by atoms with Crippen LogP contribution in [0.5, 0.6) is 0 Å². The second kappa shape index (κ2) is 7.40. The van der Waals surface area contributed by atoms with Gasteiger partial charge in [-0.05, 0) is 31.9 Å². The van der Waals surface area contributed by atoms with Crippen molar-refractivity contribution in [3.05, 3.63) is 68.5 Å². The third-order valence-corrected chi connectivity index (χ3v) is 3.46. The van der Waals surface area contributed by atoms with Gasteiger partial charge in [0.2, 0.25) is 0 Å². The van der Waals surface area contributed by atoms with Crippen LogP contribution in [-0.2, 0) is 4.79 Å². The molecule has 0 aliphatic carbocycles. The Balaban J connectivity index is 0.000000541. The average Bonchev–Trinajstić information content (AvgIpc) is 2.42. The van der Waals surface area contributed by atoms with Crippen molar-refractivity contribution in [3.8, 4) is 0 Å². The Bertz CT molecular complexity index is 629. The number of rotatable bonds is 2. The van der Waals surface area contributed by atoms with E-state index in [1.807, 2.05) is 51.1 Å². The van der Waals surface area contributed by atoms with Gasteiger partial charge in [-0.3, -0.25) is 10.1 Å². The number of nitro groups is 1. The Morgan fingerprint density at radius 3 is 2.14 bits per heavy atom. The van der Waals surface area contributed by atoms with E-state index in [0.717, 1.165) is 29.6 Å². The standard InChI is InChI=1S/C15H17NO2.CH3NO2/c1-9-10(2)16-11(3)14(15(17)18)13(9)12-7-5-4-6-8-12;1-2(3)4/h4-8,13,16H,1-3H3,(H,17,18);1H3/t13-;/m1./s1. The summed E-state index contributed by atoms with van der Waals surface area (Å²) in [7, 11) is 0.889. The molecule has 0 saturated carbocycles. The van der Waals surface area contributed by atoms with E-state index in [2.05, 4.69) is 5.32 Å². The fourth-order valence-electron chi connectivity index (χ4n) is 2.44. The van der Waals surface area contributed by atoms with Crippen LogP contribution in [0.3, 0.4) is 0 Å². The highest BCUT2D eigenvalue weighted by molar-refractivity contribution is 5.90. The van der Waals surface area contributed by atoms with E-state index in [4.69, 9.17) is 10.1 Å². The van der Waals surface area contributed by atoms with Gasteiger partial charge in [0.15, 0.2) is 7.05 Å². The summed E-state index contributed by atoms with van der Waals surface area (Å²) >= 11 is 0. The van der Waals surface area contributed by atoms with Crippen LogP contribution in [0.4, 0.5) is 0 Å². The number of aliphatic carboxylic acids is 1. The monoisotopic (exact) mass is 304 g/mol. The molecule has 118 valence electrons. The van der Waals surface area contributed by atoms with Crippen LogP contribution in [0, 0.1) is 10.1 Å². The van der Waals surface area contributed by atoms with Crippen LogP contribution in [0.15, 0.2) is 52.9 Å². The molecule has 1 aromatic carbocycles. The lowest BCUT2D eigenvalue weighted by Gasteiger charge is -2.29. The number of allylic oxidation sites excluding steroid dienone is 3. The molecule has 1 aliphatic heterocycles. The first-order valence-electron chi connectivity index (χ1n) is 6.77. The molecule has 2 rings (SSSR count). The summed E-state index contributed by atoms with van der Waals surface area (Å²) in [6.45, 7) is 5.78. The Morgan fingerprint density at radius 1 is 1.18 bits per heavy atom. The Labute approximate surface area is 129 Å². The van der Waals surface area contributed by atoms with Crippen molar-refractivity contribution in [1.82, 2.24) is 5.32 Å². The van der Waals surface area contributed by atoms with Crippen molar-refractivity contribution in [2.45, 2.75) is 26.7 Å². The summed E-state index contributed by atoms with van der Waals surface area (Å²) in [6.07, 6.45) is 0. The molecule has 1 aliphatic rings. The normalized spacial score (nSPS) is 17.4. The minimum Gasteiger partial charge on any atom is -0.478 e. The molecule has 22 heavy (non-hydrogen) atoms. The second-order valence-corrected chi connectivity index (χ2v) is 5.06. The predicted octanol–water partition coefficient (Wildman–Crippen LogP) is 2.92. The molecule has 1 atom stereocenters. The molecular formula is C16H20N2O4. The molecule has 6 nitrogen and oxygen atoms in total. The molecule has 0 unspecified atom stereocenters. The van der Waals surface area contributed by atoms with Crippen LogP contribution < -0.4 is 5.32 Å². The number of benzene rings is 1. The summed E-state index contributed by atoms with van der Waals surface area (Å²) in [5.41, 5.74) is 4.27. The minimum absolute atomic E-state index is 0.162. The first kappa shape index (κ1) is 17.4. The first-order chi connectivity index (χ1) is 10.3. The fraction of sp³-hybridized carbons (Fsp3) is 0.312. The quantitative estimate of drug-likeness (QED) is 0.647. The minimum atomic E-state index is -0.860. The third kappa shape index (κ3) is 4.18. The van der Waals surface area contributed by atoms with Crippen molar-refractivity contribution in [2.24, 2.45) is 0 Å². The van der Waals surface area contributed by atoms with Gasteiger partial charge in [0.05, 0.1) is 5.57 Å².